The maximum absolute atomic E-state index is 12.6. The summed E-state index contributed by atoms with van der Waals surface area (Å²) in [6, 6.07) is 5.82. The summed E-state index contributed by atoms with van der Waals surface area (Å²) in [4.78, 5) is 1.44. The minimum absolute atomic E-state index is 0.332. The van der Waals surface area contributed by atoms with E-state index in [4.69, 9.17) is 9.31 Å². The first kappa shape index (κ1) is 17.8. The Morgan fingerprint density at radius 3 is 2.29 bits per heavy atom. The fourth-order valence-corrected chi connectivity index (χ4v) is 3.15. The van der Waals surface area contributed by atoms with Crippen LogP contribution in [0.4, 0.5) is 13.2 Å². The maximum Gasteiger partial charge on any atom is 0.494 e. The van der Waals surface area contributed by atoms with Crippen LogP contribution in [0.15, 0.2) is 18.2 Å². The Bertz CT molecular complexity index is 615. The molecule has 132 valence electrons. The third kappa shape index (κ3) is 3.48. The van der Waals surface area contributed by atoms with Crippen LogP contribution < -0.4 is 5.46 Å². The first-order valence-electron chi connectivity index (χ1n) is 8.23. The van der Waals surface area contributed by atoms with E-state index >= 15 is 0 Å². The maximum atomic E-state index is 12.6. The zero-order valence-corrected chi connectivity index (χ0v) is 14.5. The van der Waals surface area contributed by atoms with Gasteiger partial charge in [-0.1, -0.05) is 18.2 Å². The Labute approximate surface area is 141 Å². The van der Waals surface area contributed by atoms with Crippen molar-refractivity contribution in [3.05, 3.63) is 29.3 Å². The fourth-order valence-electron chi connectivity index (χ4n) is 3.15. The molecule has 1 saturated heterocycles. The Morgan fingerprint density at radius 1 is 1.08 bits per heavy atom. The molecule has 3 nitrogen and oxygen atoms in total. The van der Waals surface area contributed by atoms with E-state index in [-0.39, 0.29) is 0 Å². The number of fused-ring (bicyclic) bond motifs is 1. The van der Waals surface area contributed by atoms with Crippen LogP contribution in [0.1, 0.15) is 38.8 Å². The van der Waals surface area contributed by atoms with Crippen LogP contribution in [-0.2, 0) is 22.3 Å². The number of nitrogens with zero attached hydrogens (tertiary/aromatic N) is 1. The normalized spacial score (nSPS) is 23.4. The second kappa shape index (κ2) is 5.75. The van der Waals surface area contributed by atoms with Gasteiger partial charge >= 0.3 is 13.3 Å². The summed E-state index contributed by atoms with van der Waals surface area (Å²) in [6.45, 7) is 7.89. The largest absolute Gasteiger partial charge is 0.494 e. The molecule has 1 aromatic rings. The van der Waals surface area contributed by atoms with E-state index in [2.05, 4.69) is 0 Å². The quantitative estimate of drug-likeness (QED) is 0.772. The van der Waals surface area contributed by atoms with Gasteiger partial charge in [-0.05, 0) is 50.7 Å². The van der Waals surface area contributed by atoms with Crippen LogP contribution in [0.5, 0.6) is 0 Å². The van der Waals surface area contributed by atoms with E-state index in [0.717, 1.165) is 16.6 Å². The zero-order chi connectivity index (χ0) is 17.8. The molecule has 0 aliphatic carbocycles. The van der Waals surface area contributed by atoms with Crippen LogP contribution in [0.25, 0.3) is 0 Å². The summed E-state index contributed by atoms with van der Waals surface area (Å²) < 4.78 is 49.8. The monoisotopic (exact) mass is 341 g/mol. The molecule has 0 bridgehead atoms. The van der Waals surface area contributed by atoms with Gasteiger partial charge in [-0.25, -0.2) is 0 Å². The van der Waals surface area contributed by atoms with Gasteiger partial charge in [0.05, 0.1) is 17.7 Å². The third-order valence-electron chi connectivity index (χ3n) is 5.25. The van der Waals surface area contributed by atoms with Crippen LogP contribution in [0, 0.1) is 0 Å². The van der Waals surface area contributed by atoms with Gasteiger partial charge in [-0.15, -0.1) is 0 Å². The molecule has 0 saturated carbocycles. The molecule has 0 N–H and O–H groups in total. The van der Waals surface area contributed by atoms with Gasteiger partial charge in [-0.2, -0.15) is 13.2 Å². The fraction of sp³-hybridized carbons (Fsp3) is 0.647. The molecular weight excluding hydrogens is 318 g/mol. The lowest BCUT2D eigenvalue weighted by atomic mass is 9.77. The van der Waals surface area contributed by atoms with Crippen molar-refractivity contribution in [1.82, 2.24) is 4.90 Å². The van der Waals surface area contributed by atoms with Crippen molar-refractivity contribution in [3.8, 4) is 0 Å². The highest BCUT2D eigenvalue weighted by molar-refractivity contribution is 6.62. The summed E-state index contributed by atoms with van der Waals surface area (Å²) >= 11 is 0. The molecule has 0 atom stereocenters. The second-order valence-electron chi connectivity index (χ2n) is 7.69. The molecule has 0 aromatic heterocycles. The molecule has 1 aromatic carbocycles. The highest BCUT2D eigenvalue weighted by Crippen LogP contribution is 2.36. The zero-order valence-electron chi connectivity index (χ0n) is 14.5. The average Bonchev–Trinajstić information content (AvgIpc) is 2.65. The molecule has 7 heteroatoms. The van der Waals surface area contributed by atoms with E-state index < -0.39 is 31.0 Å². The molecule has 3 rings (SSSR count). The number of rotatable bonds is 2. The number of halogens is 3. The molecule has 0 amide bonds. The Hall–Kier alpha value is -1.05. The Kier molecular flexibility index (Phi) is 4.26. The minimum atomic E-state index is -4.15. The van der Waals surface area contributed by atoms with Gasteiger partial charge in [0.15, 0.2) is 0 Å². The van der Waals surface area contributed by atoms with Crippen LogP contribution in [0.2, 0.25) is 0 Å². The Balaban J connectivity index is 1.75. The smallest absolute Gasteiger partial charge is 0.399 e. The van der Waals surface area contributed by atoms with Crippen molar-refractivity contribution in [1.29, 1.82) is 0 Å². The van der Waals surface area contributed by atoms with Crippen molar-refractivity contribution in [3.63, 3.8) is 0 Å². The number of hydrogen-bond acceptors (Lipinski definition) is 3. The molecule has 0 spiro atoms. The minimum Gasteiger partial charge on any atom is -0.399 e. The SMILES string of the molecule is CC1(C)OB(c2ccc3c(c2)CCN(CC(F)(F)F)C3)OC1(C)C. The summed E-state index contributed by atoms with van der Waals surface area (Å²) in [5.41, 5.74) is 2.15. The Morgan fingerprint density at radius 2 is 1.71 bits per heavy atom. The second-order valence-corrected chi connectivity index (χ2v) is 7.69. The molecule has 2 aliphatic rings. The number of alkyl halides is 3. The van der Waals surface area contributed by atoms with Gasteiger partial charge in [0.1, 0.15) is 0 Å². The predicted molar refractivity (Wildman–Crippen MR) is 87.2 cm³/mol. The topological polar surface area (TPSA) is 21.7 Å². The molecule has 24 heavy (non-hydrogen) atoms. The predicted octanol–water partition coefficient (Wildman–Crippen LogP) is 2.91. The van der Waals surface area contributed by atoms with E-state index in [9.17, 15) is 13.2 Å². The highest BCUT2D eigenvalue weighted by atomic mass is 19.4. The molecular formula is C17H23BF3NO2. The first-order chi connectivity index (χ1) is 11.0. The first-order valence-corrected chi connectivity index (χ1v) is 8.23. The van der Waals surface area contributed by atoms with Crippen LogP contribution in [0.3, 0.4) is 0 Å². The number of benzene rings is 1. The van der Waals surface area contributed by atoms with E-state index in [1.807, 2.05) is 45.9 Å². The average molecular weight is 341 g/mol. The lowest BCUT2D eigenvalue weighted by molar-refractivity contribution is -0.147. The van der Waals surface area contributed by atoms with Crippen LogP contribution in [-0.4, -0.2) is 42.5 Å². The molecule has 0 unspecified atom stereocenters. The summed E-state index contributed by atoms with van der Waals surface area (Å²) in [6.07, 6.45) is -3.54. The van der Waals surface area contributed by atoms with Gasteiger partial charge in [0, 0.05) is 13.1 Å². The van der Waals surface area contributed by atoms with Crippen LogP contribution >= 0.6 is 0 Å². The summed E-state index contributed by atoms with van der Waals surface area (Å²) in [7, 11) is -0.437. The van der Waals surface area contributed by atoms with E-state index in [1.54, 1.807) is 0 Å². The van der Waals surface area contributed by atoms with Crippen molar-refractivity contribution >= 4 is 12.6 Å². The van der Waals surface area contributed by atoms with Crippen molar-refractivity contribution < 1.29 is 22.5 Å². The molecule has 2 aliphatic heterocycles. The summed E-state index contributed by atoms with van der Waals surface area (Å²) in [5, 5.41) is 0. The van der Waals surface area contributed by atoms with Gasteiger partial charge in [0.2, 0.25) is 0 Å². The number of hydrogen-bond donors (Lipinski definition) is 0. The van der Waals surface area contributed by atoms with Crippen molar-refractivity contribution in [2.75, 3.05) is 13.1 Å². The van der Waals surface area contributed by atoms with Gasteiger partial charge in [0.25, 0.3) is 0 Å². The molecule has 0 radical (unpaired) electrons. The summed E-state index contributed by atoms with van der Waals surface area (Å²) in [5.74, 6) is 0. The lowest BCUT2D eigenvalue weighted by Crippen LogP contribution is -2.41. The van der Waals surface area contributed by atoms with Crippen molar-refractivity contribution in [2.24, 2.45) is 0 Å². The molecule has 1 fully saturated rings. The standard InChI is InChI=1S/C17H23BF3NO2/c1-15(2)16(3,4)24-18(23-15)14-6-5-13-10-22(11-17(19,20)21)8-7-12(13)9-14/h5-6,9H,7-8,10-11H2,1-4H3. The van der Waals surface area contributed by atoms with E-state index in [0.29, 0.717) is 19.5 Å². The van der Waals surface area contributed by atoms with Gasteiger partial charge < -0.3 is 9.31 Å². The lowest BCUT2D eigenvalue weighted by Gasteiger charge is -2.32. The highest BCUT2D eigenvalue weighted by Gasteiger charge is 2.51. The van der Waals surface area contributed by atoms with Gasteiger partial charge in [-0.3, -0.25) is 4.90 Å². The third-order valence-corrected chi connectivity index (χ3v) is 5.25. The van der Waals surface area contributed by atoms with Crippen molar-refractivity contribution in [2.45, 2.75) is 58.0 Å². The van der Waals surface area contributed by atoms with E-state index in [1.165, 1.54) is 4.90 Å². The molecule has 2 heterocycles.